The Kier molecular flexibility index (Phi) is 4.46. The first kappa shape index (κ1) is 15.6. The Balaban J connectivity index is 1.61. The summed E-state index contributed by atoms with van der Waals surface area (Å²) in [6, 6.07) is 6.43. The number of carbonyl (C=O) groups excluding carboxylic acids is 2. The summed E-state index contributed by atoms with van der Waals surface area (Å²) < 4.78 is 21.9. The Bertz CT molecular complexity index is 831. The average molecular weight is 330 g/mol. The molecule has 0 aliphatic heterocycles. The molecule has 124 valence electrons. The van der Waals surface area contributed by atoms with E-state index in [1.807, 2.05) is 0 Å². The highest BCUT2D eigenvalue weighted by Crippen LogP contribution is 2.15. The molecule has 0 bridgehead atoms. The Hall–Kier alpha value is -3.29. The molecular weight excluding hydrogens is 316 g/mol. The standard InChI is InChI=1S/C16H14N2O6/c1-21-15(19)12-5-8-22-14(12)10-23-16(20)13-4-3-11(24-13)9-18-7-2-6-17-18/h2-8H,9-10H2,1H3. The van der Waals surface area contributed by atoms with Crippen LogP contribution in [0.1, 0.15) is 32.4 Å². The van der Waals surface area contributed by atoms with Crippen molar-refractivity contribution in [1.82, 2.24) is 9.78 Å². The predicted molar refractivity (Wildman–Crippen MR) is 79.2 cm³/mol. The minimum Gasteiger partial charge on any atom is -0.465 e. The number of methoxy groups -OCH3 is 1. The summed E-state index contributed by atoms with van der Waals surface area (Å²) in [5.41, 5.74) is 0.212. The van der Waals surface area contributed by atoms with Crippen LogP contribution in [0.3, 0.4) is 0 Å². The normalized spacial score (nSPS) is 10.5. The molecule has 3 aromatic rings. The zero-order valence-corrected chi connectivity index (χ0v) is 12.8. The van der Waals surface area contributed by atoms with Crippen molar-refractivity contribution in [3.05, 3.63) is 65.8 Å². The van der Waals surface area contributed by atoms with Crippen molar-refractivity contribution in [2.45, 2.75) is 13.2 Å². The SMILES string of the molecule is COC(=O)c1ccoc1COC(=O)c1ccc(Cn2cccn2)o1. The Morgan fingerprint density at radius 1 is 1.25 bits per heavy atom. The predicted octanol–water partition coefficient (Wildman–Crippen LogP) is 2.26. The molecule has 0 spiro atoms. The molecule has 0 saturated carbocycles. The highest BCUT2D eigenvalue weighted by Gasteiger charge is 2.18. The summed E-state index contributed by atoms with van der Waals surface area (Å²) >= 11 is 0. The van der Waals surface area contributed by atoms with Gasteiger partial charge < -0.3 is 18.3 Å². The maximum Gasteiger partial charge on any atom is 0.374 e. The zero-order valence-electron chi connectivity index (χ0n) is 12.8. The second-order valence-electron chi connectivity index (χ2n) is 4.79. The molecule has 8 heteroatoms. The van der Waals surface area contributed by atoms with Gasteiger partial charge in [0.2, 0.25) is 5.76 Å². The number of carbonyl (C=O) groups is 2. The highest BCUT2D eigenvalue weighted by molar-refractivity contribution is 5.90. The smallest absolute Gasteiger partial charge is 0.374 e. The van der Waals surface area contributed by atoms with E-state index in [0.717, 1.165) is 0 Å². The van der Waals surface area contributed by atoms with Gasteiger partial charge in [0, 0.05) is 12.4 Å². The van der Waals surface area contributed by atoms with E-state index in [4.69, 9.17) is 13.6 Å². The molecule has 0 N–H and O–H groups in total. The number of esters is 2. The quantitative estimate of drug-likeness (QED) is 0.639. The molecule has 0 aliphatic rings. The van der Waals surface area contributed by atoms with Gasteiger partial charge in [0.1, 0.15) is 11.3 Å². The van der Waals surface area contributed by atoms with Crippen LogP contribution in [0, 0.1) is 0 Å². The molecule has 0 aliphatic carbocycles. The topological polar surface area (TPSA) is 96.7 Å². The van der Waals surface area contributed by atoms with Gasteiger partial charge in [0.25, 0.3) is 0 Å². The van der Waals surface area contributed by atoms with E-state index < -0.39 is 11.9 Å². The molecule has 24 heavy (non-hydrogen) atoms. The van der Waals surface area contributed by atoms with Crippen LogP contribution in [0.15, 0.2) is 51.8 Å². The minimum atomic E-state index is -0.658. The van der Waals surface area contributed by atoms with Crippen molar-refractivity contribution >= 4 is 11.9 Å². The Morgan fingerprint density at radius 2 is 2.12 bits per heavy atom. The molecule has 3 aromatic heterocycles. The number of hydrogen-bond donors (Lipinski definition) is 0. The van der Waals surface area contributed by atoms with Crippen LogP contribution in [0.4, 0.5) is 0 Å². The van der Waals surface area contributed by atoms with Crippen LogP contribution in [0.25, 0.3) is 0 Å². The number of hydrogen-bond acceptors (Lipinski definition) is 7. The summed E-state index contributed by atoms with van der Waals surface area (Å²) in [5.74, 6) is -0.385. The van der Waals surface area contributed by atoms with Crippen LogP contribution >= 0.6 is 0 Å². The van der Waals surface area contributed by atoms with Crippen molar-refractivity contribution in [3.63, 3.8) is 0 Å². The van der Waals surface area contributed by atoms with E-state index in [2.05, 4.69) is 9.84 Å². The molecule has 3 heterocycles. The van der Waals surface area contributed by atoms with Gasteiger partial charge in [-0.2, -0.15) is 5.10 Å². The fourth-order valence-electron chi connectivity index (χ4n) is 2.07. The molecule has 0 amide bonds. The maximum absolute atomic E-state index is 12.0. The third-order valence-electron chi connectivity index (χ3n) is 3.22. The summed E-state index contributed by atoms with van der Waals surface area (Å²) in [6.45, 7) is 0.205. The van der Waals surface area contributed by atoms with E-state index in [-0.39, 0.29) is 23.7 Å². The van der Waals surface area contributed by atoms with Gasteiger partial charge in [0.05, 0.1) is 19.9 Å². The zero-order chi connectivity index (χ0) is 16.9. The molecule has 3 rings (SSSR count). The largest absolute Gasteiger partial charge is 0.465 e. The number of aromatic nitrogens is 2. The fourth-order valence-corrected chi connectivity index (χ4v) is 2.07. The van der Waals surface area contributed by atoms with Crippen molar-refractivity contribution < 1.29 is 27.9 Å². The molecular formula is C16H14N2O6. The molecule has 8 nitrogen and oxygen atoms in total. The van der Waals surface area contributed by atoms with E-state index in [1.165, 1.54) is 25.5 Å². The number of nitrogens with zero attached hydrogens (tertiary/aromatic N) is 2. The lowest BCUT2D eigenvalue weighted by Crippen LogP contribution is -2.08. The third kappa shape index (κ3) is 3.37. The van der Waals surface area contributed by atoms with Crippen LogP contribution in [0.2, 0.25) is 0 Å². The van der Waals surface area contributed by atoms with Gasteiger partial charge in [0.15, 0.2) is 12.4 Å². The fraction of sp³-hybridized carbons (Fsp3) is 0.188. The first-order chi connectivity index (χ1) is 11.7. The lowest BCUT2D eigenvalue weighted by atomic mass is 10.2. The second kappa shape index (κ2) is 6.86. The van der Waals surface area contributed by atoms with Crippen LogP contribution < -0.4 is 0 Å². The summed E-state index contributed by atoms with van der Waals surface area (Å²) in [5, 5.41) is 4.05. The minimum absolute atomic E-state index is 0.0586. The first-order valence-corrected chi connectivity index (χ1v) is 7.05. The molecule has 0 unspecified atom stereocenters. The third-order valence-corrected chi connectivity index (χ3v) is 3.22. The molecule has 0 atom stereocenters. The van der Waals surface area contributed by atoms with E-state index in [9.17, 15) is 9.59 Å². The number of ether oxygens (including phenoxy) is 2. The van der Waals surface area contributed by atoms with Crippen LogP contribution in [0.5, 0.6) is 0 Å². The van der Waals surface area contributed by atoms with Crippen molar-refractivity contribution in [1.29, 1.82) is 0 Å². The second-order valence-corrected chi connectivity index (χ2v) is 4.79. The summed E-state index contributed by atoms with van der Waals surface area (Å²) in [7, 11) is 1.26. The molecule has 0 fully saturated rings. The molecule has 0 aromatic carbocycles. The molecule has 0 radical (unpaired) electrons. The summed E-state index contributed by atoms with van der Waals surface area (Å²) in [6.07, 6.45) is 4.76. The van der Waals surface area contributed by atoms with Gasteiger partial charge in [-0.1, -0.05) is 0 Å². The lowest BCUT2D eigenvalue weighted by Gasteiger charge is -2.03. The lowest BCUT2D eigenvalue weighted by molar-refractivity contribution is 0.0396. The first-order valence-electron chi connectivity index (χ1n) is 7.05. The highest BCUT2D eigenvalue weighted by atomic mass is 16.6. The number of rotatable bonds is 6. The van der Waals surface area contributed by atoms with E-state index in [1.54, 1.807) is 29.2 Å². The maximum atomic E-state index is 12.0. The Labute approximate surface area is 136 Å². The van der Waals surface area contributed by atoms with Crippen molar-refractivity contribution in [2.75, 3.05) is 7.11 Å². The summed E-state index contributed by atoms with van der Waals surface area (Å²) in [4.78, 5) is 23.5. The van der Waals surface area contributed by atoms with Gasteiger partial charge >= 0.3 is 11.9 Å². The monoisotopic (exact) mass is 330 g/mol. The van der Waals surface area contributed by atoms with Crippen molar-refractivity contribution in [3.8, 4) is 0 Å². The molecule has 0 saturated heterocycles. The average Bonchev–Trinajstić information content (AvgIpc) is 3.33. The van der Waals surface area contributed by atoms with Gasteiger partial charge in [-0.3, -0.25) is 4.68 Å². The van der Waals surface area contributed by atoms with Gasteiger partial charge in [-0.15, -0.1) is 0 Å². The van der Waals surface area contributed by atoms with Gasteiger partial charge in [-0.25, -0.2) is 9.59 Å². The number of furan rings is 2. The van der Waals surface area contributed by atoms with Gasteiger partial charge in [-0.05, 0) is 24.3 Å². The van der Waals surface area contributed by atoms with Crippen LogP contribution in [-0.2, 0) is 22.6 Å². The van der Waals surface area contributed by atoms with E-state index >= 15 is 0 Å². The Morgan fingerprint density at radius 3 is 2.88 bits per heavy atom. The van der Waals surface area contributed by atoms with Crippen LogP contribution in [-0.4, -0.2) is 28.8 Å². The van der Waals surface area contributed by atoms with E-state index in [0.29, 0.717) is 12.3 Å². The van der Waals surface area contributed by atoms with Crippen molar-refractivity contribution in [2.24, 2.45) is 0 Å².